The quantitative estimate of drug-likeness (QED) is 0.408. The zero-order valence-corrected chi connectivity index (χ0v) is 19.5. The van der Waals surface area contributed by atoms with Crippen LogP contribution in [0.15, 0.2) is 65.6 Å². The summed E-state index contributed by atoms with van der Waals surface area (Å²) >= 11 is 0. The van der Waals surface area contributed by atoms with Gasteiger partial charge >= 0.3 is 0 Å². The van der Waals surface area contributed by atoms with E-state index in [2.05, 4.69) is 11.4 Å². The van der Waals surface area contributed by atoms with E-state index in [-0.39, 0.29) is 28.4 Å². The Balaban J connectivity index is 1.41. The van der Waals surface area contributed by atoms with Crippen LogP contribution in [0.5, 0.6) is 0 Å². The van der Waals surface area contributed by atoms with Crippen LogP contribution >= 0.6 is 0 Å². The maximum Gasteiger partial charge on any atom is 0.293 e. The van der Waals surface area contributed by atoms with Gasteiger partial charge < -0.3 is 10.2 Å². The van der Waals surface area contributed by atoms with Gasteiger partial charge in [-0.2, -0.15) is 0 Å². The van der Waals surface area contributed by atoms with Crippen LogP contribution in [0, 0.1) is 16.0 Å². The van der Waals surface area contributed by atoms with Gasteiger partial charge in [-0.15, -0.1) is 0 Å². The molecule has 3 aromatic carbocycles. The van der Waals surface area contributed by atoms with Crippen LogP contribution in [0.2, 0.25) is 0 Å². The molecule has 0 unspecified atom stereocenters. The number of benzene rings is 3. The molecule has 1 atom stereocenters. The van der Waals surface area contributed by atoms with Crippen LogP contribution in [0.1, 0.15) is 31.4 Å². The molecule has 0 bridgehead atoms. The van der Waals surface area contributed by atoms with Crippen molar-refractivity contribution in [1.29, 1.82) is 0 Å². The molecule has 0 aliphatic carbocycles. The summed E-state index contributed by atoms with van der Waals surface area (Å²) in [6.07, 6.45) is 1.06. The average molecular weight is 483 g/mol. The van der Waals surface area contributed by atoms with Gasteiger partial charge in [0.25, 0.3) is 5.69 Å². The second-order valence-electron chi connectivity index (χ2n) is 8.55. The molecule has 0 saturated carbocycles. The van der Waals surface area contributed by atoms with Crippen LogP contribution < -0.4 is 15.4 Å². The number of nitro groups is 1. The summed E-state index contributed by atoms with van der Waals surface area (Å²) < 4.78 is 23.1. The summed E-state index contributed by atoms with van der Waals surface area (Å²) in [5.41, 5.74) is 1.02. The molecule has 178 valence electrons. The van der Waals surface area contributed by atoms with E-state index in [1.807, 2.05) is 48.2 Å². The normalized spacial score (nSPS) is 15.8. The number of carbonyl (C=O) groups is 1. The molecule has 0 radical (unpaired) electrons. The van der Waals surface area contributed by atoms with E-state index in [9.17, 15) is 23.3 Å². The number of hydrogen-bond acceptors (Lipinski definition) is 6. The van der Waals surface area contributed by atoms with Gasteiger partial charge in [0, 0.05) is 25.1 Å². The van der Waals surface area contributed by atoms with Gasteiger partial charge in [0.15, 0.2) is 0 Å². The van der Waals surface area contributed by atoms with E-state index in [4.69, 9.17) is 5.14 Å². The molecule has 1 aliphatic rings. The standard InChI is InChI=1S/C24H26N4O5S/c1-16(19-7-6-17-4-2-3-5-20(17)14-19)26-24(29)18-10-12-27(13-11-18)22-9-8-21(34(25,32)33)15-23(22)28(30)31/h2-9,14-16,18H,10-13H2,1H3,(H,26,29)(H2,25,32,33)/t16-/m1/s1. The lowest BCUT2D eigenvalue weighted by molar-refractivity contribution is -0.384. The minimum absolute atomic E-state index is 0.0422. The second-order valence-corrected chi connectivity index (χ2v) is 10.1. The first kappa shape index (κ1) is 23.7. The SMILES string of the molecule is C[C@@H](NC(=O)C1CCN(c2ccc(S(N)(=O)=O)cc2[N+](=O)[O-])CC1)c1ccc2ccccc2c1. The maximum absolute atomic E-state index is 12.9. The molecule has 1 saturated heterocycles. The number of primary sulfonamides is 1. The lowest BCUT2D eigenvalue weighted by Gasteiger charge is -2.33. The molecular weight excluding hydrogens is 456 g/mol. The maximum atomic E-state index is 12.9. The van der Waals surface area contributed by atoms with Gasteiger partial charge in [0.2, 0.25) is 15.9 Å². The average Bonchev–Trinajstić information content (AvgIpc) is 2.82. The Morgan fingerprint density at radius 1 is 1.09 bits per heavy atom. The van der Waals surface area contributed by atoms with Gasteiger partial charge in [-0.05, 0) is 54.3 Å². The van der Waals surface area contributed by atoms with Crippen molar-refractivity contribution in [2.24, 2.45) is 11.1 Å². The molecule has 1 aliphatic heterocycles. The minimum atomic E-state index is -4.05. The lowest BCUT2D eigenvalue weighted by atomic mass is 9.94. The van der Waals surface area contributed by atoms with Gasteiger partial charge in [-0.1, -0.05) is 36.4 Å². The Bertz CT molecular complexity index is 1350. The van der Waals surface area contributed by atoms with E-state index >= 15 is 0 Å². The number of fused-ring (bicyclic) bond motifs is 1. The molecule has 34 heavy (non-hydrogen) atoms. The first-order valence-corrected chi connectivity index (χ1v) is 12.5. The first-order chi connectivity index (χ1) is 16.1. The molecule has 1 fully saturated rings. The summed E-state index contributed by atoms with van der Waals surface area (Å²) in [6, 6.07) is 17.7. The van der Waals surface area contributed by atoms with Crippen LogP contribution in [-0.2, 0) is 14.8 Å². The third-order valence-electron chi connectivity index (χ3n) is 6.31. The second kappa shape index (κ2) is 9.40. The van der Waals surface area contributed by atoms with E-state index in [1.54, 1.807) is 0 Å². The molecular formula is C24H26N4O5S. The third-order valence-corrected chi connectivity index (χ3v) is 7.22. The molecule has 3 aromatic rings. The van der Waals surface area contributed by atoms with Crippen molar-refractivity contribution < 1.29 is 18.1 Å². The molecule has 9 nitrogen and oxygen atoms in total. The Morgan fingerprint density at radius 3 is 2.41 bits per heavy atom. The van der Waals surface area contributed by atoms with Crippen molar-refractivity contribution >= 4 is 38.1 Å². The summed E-state index contributed by atoms with van der Waals surface area (Å²) in [5.74, 6) is -0.249. The monoisotopic (exact) mass is 482 g/mol. The lowest BCUT2D eigenvalue weighted by Crippen LogP contribution is -2.41. The fraction of sp³-hybridized carbons (Fsp3) is 0.292. The summed E-state index contributed by atoms with van der Waals surface area (Å²) in [6.45, 7) is 2.84. The van der Waals surface area contributed by atoms with Crippen LogP contribution in [0.4, 0.5) is 11.4 Å². The highest BCUT2D eigenvalue weighted by Gasteiger charge is 2.30. The molecule has 10 heteroatoms. The van der Waals surface area contributed by atoms with Gasteiger partial charge in [-0.25, -0.2) is 13.6 Å². The predicted octanol–water partition coefficient (Wildman–Crippen LogP) is 3.49. The smallest absolute Gasteiger partial charge is 0.293 e. The van der Waals surface area contributed by atoms with Crippen molar-refractivity contribution in [3.8, 4) is 0 Å². The highest BCUT2D eigenvalue weighted by molar-refractivity contribution is 7.89. The molecule has 4 rings (SSSR count). The highest BCUT2D eigenvalue weighted by atomic mass is 32.2. The highest BCUT2D eigenvalue weighted by Crippen LogP contribution is 2.33. The van der Waals surface area contributed by atoms with Crippen molar-refractivity contribution in [1.82, 2.24) is 5.32 Å². The number of anilines is 1. The van der Waals surface area contributed by atoms with Gasteiger partial charge in [0.05, 0.1) is 15.9 Å². The van der Waals surface area contributed by atoms with Crippen molar-refractivity contribution in [2.75, 3.05) is 18.0 Å². The first-order valence-electron chi connectivity index (χ1n) is 11.0. The van der Waals surface area contributed by atoms with E-state index in [0.29, 0.717) is 31.6 Å². The number of nitro benzene ring substituents is 1. The zero-order valence-electron chi connectivity index (χ0n) is 18.7. The summed E-state index contributed by atoms with van der Waals surface area (Å²) in [7, 11) is -4.05. The molecule has 1 heterocycles. The minimum Gasteiger partial charge on any atom is -0.366 e. The number of nitrogens with zero attached hydrogens (tertiary/aromatic N) is 2. The summed E-state index contributed by atoms with van der Waals surface area (Å²) in [4.78, 5) is 25.3. The fourth-order valence-electron chi connectivity index (χ4n) is 4.37. The Morgan fingerprint density at radius 2 is 1.76 bits per heavy atom. The molecule has 1 amide bonds. The van der Waals surface area contributed by atoms with Crippen LogP contribution in [-0.4, -0.2) is 32.3 Å². The van der Waals surface area contributed by atoms with Gasteiger partial charge in [0.1, 0.15) is 5.69 Å². The number of hydrogen-bond donors (Lipinski definition) is 2. The van der Waals surface area contributed by atoms with E-state index < -0.39 is 14.9 Å². The number of amides is 1. The van der Waals surface area contributed by atoms with Crippen molar-refractivity contribution in [3.63, 3.8) is 0 Å². The molecule has 0 spiro atoms. The Kier molecular flexibility index (Phi) is 6.54. The van der Waals surface area contributed by atoms with E-state index in [1.165, 1.54) is 12.1 Å². The van der Waals surface area contributed by atoms with Crippen molar-refractivity contribution in [2.45, 2.75) is 30.7 Å². The summed E-state index contributed by atoms with van der Waals surface area (Å²) in [5, 5.41) is 22.0. The number of nitrogens with one attached hydrogen (secondary N) is 1. The van der Waals surface area contributed by atoms with Gasteiger partial charge in [-0.3, -0.25) is 14.9 Å². The molecule has 0 aromatic heterocycles. The third kappa shape index (κ3) is 5.02. The fourth-order valence-corrected chi connectivity index (χ4v) is 4.90. The zero-order chi connectivity index (χ0) is 24.5. The Hall–Kier alpha value is -3.50. The van der Waals surface area contributed by atoms with Crippen LogP contribution in [0.3, 0.4) is 0 Å². The van der Waals surface area contributed by atoms with Crippen LogP contribution in [0.25, 0.3) is 10.8 Å². The molecule has 3 N–H and O–H groups in total. The number of nitrogens with two attached hydrogens (primary N) is 1. The van der Waals surface area contributed by atoms with Crippen molar-refractivity contribution in [3.05, 3.63) is 76.3 Å². The number of rotatable bonds is 6. The van der Waals surface area contributed by atoms with E-state index in [0.717, 1.165) is 22.4 Å². The number of sulfonamides is 1. The number of carbonyl (C=O) groups excluding carboxylic acids is 1. The largest absolute Gasteiger partial charge is 0.366 e. The number of piperidine rings is 1. The predicted molar refractivity (Wildman–Crippen MR) is 130 cm³/mol. The Labute approximate surface area is 197 Å². The topological polar surface area (TPSA) is 136 Å².